The number of rotatable bonds is 2. The molecule has 1 atom stereocenters. The number of benzene rings is 2. The molecule has 2 aromatic rings. The molecular weight excluding hydrogens is 345 g/mol. The van der Waals surface area contributed by atoms with Gasteiger partial charge in [-0.2, -0.15) is 13.2 Å². The predicted octanol–water partition coefficient (Wildman–Crippen LogP) is 5.53. The standard InChI is InChI=1S/C16H12BrF3O/c17-14-7-6-11(9-13(14)16(18,19)20)21-15-8-5-10-3-1-2-4-12(10)15/h1-4,6-7,9,15H,5,8H2. The van der Waals surface area contributed by atoms with E-state index >= 15 is 0 Å². The fourth-order valence-corrected chi connectivity index (χ4v) is 3.07. The smallest absolute Gasteiger partial charge is 0.417 e. The Kier molecular flexibility index (Phi) is 3.69. The molecule has 21 heavy (non-hydrogen) atoms. The lowest BCUT2D eigenvalue weighted by Gasteiger charge is -2.17. The summed E-state index contributed by atoms with van der Waals surface area (Å²) in [6.45, 7) is 0. The molecule has 110 valence electrons. The van der Waals surface area contributed by atoms with Crippen LogP contribution in [0.25, 0.3) is 0 Å². The van der Waals surface area contributed by atoms with Gasteiger partial charge in [-0.1, -0.05) is 40.2 Å². The van der Waals surface area contributed by atoms with Gasteiger partial charge >= 0.3 is 6.18 Å². The van der Waals surface area contributed by atoms with Crippen molar-refractivity contribution in [1.82, 2.24) is 0 Å². The Morgan fingerprint density at radius 1 is 1.10 bits per heavy atom. The molecule has 2 aromatic carbocycles. The van der Waals surface area contributed by atoms with Crippen molar-refractivity contribution in [3.63, 3.8) is 0 Å². The lowest BCUT2D eigenvalue weighted by molar-refractivity contribution is -0.138. The molecule has 3 rings (SSSR count). The van der Waals surface area contributed by atoms with E-state index in [0.29, 0.717) is 0 Å². The van der Waals surface area contributed by atoms with E-state index in [0.717, 1.165) is 24.5 Å². The minimum Gasteiger partial charge on any atom is -0.486 e. The second-order valence-corrected chi connectivity index (χ2v) is 5.84. The summed E-state index contributed by atoms with van der Waals surface area (Å²) in [4.78, 5) is 0. The van der Waals surface area contributed by atoms with Gasteiger partial charge in [0.15, 0.2) is 0 Å². The number of ether oxygens (including phenoxy) is 1. The van der Waals surface area contributed by atoms with Crippen molar-refractivity contribution in [3.8, 4) is 5.75 Å². The van der Waals surface area contributed by atoms with Gasteiger partial charge in [-0.25, -0.2) is 0 Å². The van der Waals surface area contributed by atoms with Crippen molar-refractivity contribution in [2.45, 2.75) is 25.1 Å². The fraction of sp³-hybridized carbons (Fsp3) is 0.250. The Morgan fingerprint density at radius 3 is 2.62 bits per heavy atom. The second-order valence-electron chi connectivity index (χ2n) is 4.98. The van der Waals surface area contributed by atoms with Gasteiger partial charge in [0.05, 0.1) is 5.56 Å². The van der Waals surface area contributed by atoms with Crippen LogP contribution in [0.15, 0.2) is 46.9 Å². The zero-order valence-corrected chi connectivity index (χ0v) is 12.5. The third-order valence-corrected chi connectivity index (χ3v) is 4.29. The van der Waals surface area contributed by atoms with Gasteiger partial charge in [-0.3, -0.25) is 0 Å². The second kappa shape index (κ2) is 5.37. The van der Waals surface area contributed by atoms with E-state index in [1.807, 2.05) is 24.3 Å². The maximum Gasteiger partial charge on any atom is 0.417 e. The summed E-state index contributed by atoms with van der Waals surface area (Å²) in [5, 5.41) is 0. The number of fused-ring (bicyclic) bond motifs is 1. The molecule has 0 radical (unpaired) electrons. The van der Waals surface area contributed by atoms with Crippen molar-refractivity contribution in [2.75, 3.05) is 0 Å². The minimum atomic E-state index is -4.40. The molecule has 0 fully saturated rings. The van der Waals surface area contributed by atoms with Crippen molar-refractivity contribution in [2.24, 2.45) is 0 Å². The summed E-state index contributed by atoms with van der Waals surface area (Å²) >= 11 is 2.93. The number of aryl methyl sites for hydroxylation is 1. The number of hydrogen-bond acceptors (Lipinski definition) is 1. The molecular formula is C16H12BrF3O. The summed E-state index contributed by atoms with van der Waals surface area (Å²) in [5.74, 6) is 0.243. The van der Waals surface area contributed by atoms with Crippen LogP contribution in [0.3, 0.4) is 0 Å². The average Bonchev–Trinajstić information content (AvgIpc) is 2.83. The molecule has 0 bridgehead atoms. The molecule has 0 spiro atoms. The van der Waals surface area contributed by atoms with Gasteiger partial charge in [-0.15, -0.1) is 0 Å². The predicted molar refractivity (Wildman–Crippen MR) is 77.3 cm³/mol. The maximum atomic E-state index is 12.9. The van der Waals surface area contributed by atoms with Crippen LogP contribution in [0.1, 0.15) is 29.2 Å². The largest absolute Gasteiger partial charge is 0.486 e. The first kappa shape index (κ1) is 14.4. The minimum absolute atomic E-state index is 0.0224. The number of alkyl halides is 3. The molecule has 0 aliphatic heterocycles. The molecule has 5 heteroatoms. The zero-order valence-electron chi connectivity index (χ0n) is 11.0. The van der Waals surface area contributed by atoms with Crippen LogP contribution < -0.4 is 4.74 Å². The molecule has 1 unspecified atom stereocenters. The summed E-state index contributed by atoms with van der Waals surface area (Å²) in [5.41, 5.74) is 1.55. The highest BCUT2D eigenvalue weighted by Crippen LogP contribution is 2.39. The third-order valence-electron chi connectivity index (χ3n) is 3.60. The quantitative estimate of drug-likeness (QED) is 0.686. The maximum absolute atomic E-state index is 12.9. The molecule has 0 amide bonds. The first-order valence-electron chi connectivity index (χ1n) is 6.56. The summed E-state index contributed by atoms with van der Waals surface area (Å²) in [7, 11) is 0. The Balaban J connectivity index is 1.87. The van der Waals surface area contributed by atoms with Gasteiger partial charge in [0.2, 0.25) is 0 Å². The average molecular weight is 357 g/mol. The van der Waals surface area contributed by atoms with Gasteiger partial charge in [0, 0.05) is 4.47 Å². The van der Waals surface area contributed by atoms with E-state index in [-0.39, 0.29) is 16.3 Å². The molecule has 1 aliphatic carbocycles. The monoisotopic (exact) mass is 356 g/mol. The Bertz CT molecular complexity index is 667. The molecule has 0 heterocycles. The van der Waals surface area contributed by atoms with Crippen LogP contribution in [0.4, 0.5) is 13.2 Å². The highest BCUT2D eigenvalue weighted by molar-refractivity contribution is 9.10. The molecule has 1 nitrogen and oxygen atoms in total. The highest BCUT2D eigenvalue weighted by atomic mass is 79.9. The van der Waals surface area contributed by atoms with Crippen LogP contribution >= 0.6 is 15.9 Å². The summed E-state index contributed by atoms with van der Waals surface area (Å²) in [6.07, 6.45) is -2.89. The van der Waals surface area contributed by atoms with E-state index in [4.69, 9.17) is 4.74 Å². The van der Waals surface area contributed by atoms with Crippen molar-refractivity contribution in [1.29, 1.82) is 0 Å². The van der Waals surface area contributed by atoms with Gasteiger partial charge in [0.1, 0.15) is 11.9 Å². The van der Waals surface area contributed by atoms with Crippen LogP contribution in [-0.4, -0.2) is 0 Å². The van der Waals surface area contributed by atoms with Gasteiger partial charge < -0.3 is 4.74 Å². The highest BCUT2D eigenvalue weighted by Gasteiger charge is 2.34. The van der Waals surface area contributed by atoms with Crippen molar-refractivity contribution < 1.29 is 17.9 Å². The van der Waals surface area contributed by atoms with Crippen LogP contribution in [0, 0.1) is 0 Å². The van der Waals surface area contributed by atoms with Crippen LogP contribution in [0.2, 0.25) is 0 Å². The van der Waals surface area contributed by atoms with Gasteiger partial charge in [-0.05, 0) is 42.2 Å². The molecule has 0 saturated heterocycles. The SMILES string of the molecule is FC(F)(F)c1cc(OC2CCc3ccccc32)ccc1Br. The zero-order chi connectivity index (χ0) is 15.0. The van der Waals surface area contributed by atoms with Crippen molar-refractivity contribution >= 4 is 15.9 Å². The van der Waals surface area contributed by atoms with Crippen LogP contribution in [-0.2, 0) is 12.6 Å². The van der Waals surface area contributed by atoms with E-state index < -0.39 is 11.7 Å². The molecule has 0 N–H and O–H groups in total. The Labute approximate surface area is 128 Å². The Hall–Kier alpha value is -1.49. The van der Waals surface area contributed by atoms with E-state index in [1.54, 1.807) is 6.07 Å². The van der Waals surface area contributed by atoms with Crippen molar-refractivity contribution in [3.05, 3.63) is 63.6 Å². The molecule has 1 aliphatic rings. The third kappa shape index (κ3) is 2.93. The number of hydrogen-bond donors (Lipinski definition) is 0. The number of halogens is 4. The molecule has 0 aromatic heterocycles. The topological polar surface area (TPSA) is 9.23 Å². The lowest BCUT2D eigenvalue weighted by Crippen LogP contribution is -2.08. The first-order chi connectivity index (χ1) is 9.95. The van der Waals surface area contributed by atoms with Gasteiger partial charge in [0.25, 0.3) is 0 Å². The lowest BCUT2D eigenvalue weighted by atomic mass is 10.1. The fourth-order valence-electron chi connectivity index (χ4n) is 2.60. The van der Waals surface area contributed by atoms with E-state index in [1.165, 1.54) is 11.6 Å². The molecule has 0 saturated carbocycles. The van der Waals surface area contributed by atoms with Crippen LogP contribution in [0.5, 0.6) is 5.75 Å². The first-order valence-corrected chi connectivity index (χ1v) is 7.35. The summed E-state index contributed by atoms with van der Waals surface area (Å²) in [6, 6.07) is 11.9. The normalized spacial score (nSPS) is 17.6. The Morgan fingerprint density at radius 2 is 1.86 bits per heavy atom. The van der Waals surface area contributed by atoms with E-state index in [9.17, 15) is 13.2 Å². The van der Waals surface area contributed by atoms with E-state index in [2.05, 4.69) is 15.9 Å². The summed E-state index contributed by atoms with van der Waals surface area (Å²) < 4.78 is 44.5.